The minimum atomic E-state index is -0.263. The number of carbonyl (C=O) groups is 1. The number of hydrogen-bond acceptors (Lipinski definition) is 7. The topological polar surface area (TPSA) is 106 Å². The van der Waals surface area contributed by atoms with Gasteiger partial charge in [0.2, 0.25) is 4.77 Å². The lowest BCUT2D eigenvalue weighted by molar-refractivity contribution is -0.118. The van der Waals surface area contributed by atoms with Gasteiger partial charge in [-0.3, -0.25) is 9.78 Å². The summed E-state index contributed by atoms with van der Waals surface area (Å²) in [6, 6.07) is 14.9. The smallest absolute Gasteiger partial charge is 0.262 e. The summed E-state index contributed by atoms with van der Waals surface area (Å²) in [5.74, 6) is 1.37. The molecule has 0 saturated heterocycles. The van der Waals surface area contributed by atoms with E-state index < -0.39 is 0 Å². The molecule has 0 aliphatic rings. The van der Waals surface area contributed by atoms with Gasteiger partial charge in [-0.25, -0.2) is 9.77 Å². The van der Waals surface area contributed by atoms with Gasteiger partial charge in [0.25, 0.3) is 5.91 Å². The number of aromatic amines is 1. The SMILES string of the molecule is CCOc1cc(CNn2c(-c3ccncc3)n[nH]c2=S)c(Br)cc1OCC(=O)Nc1ccc(C)cc1. The van der Waals surface area contributed by atoms with Crippen molar-refractivity contribution in [1.82, 2.24) is 19.9 Å². The predicted octanol–water partition coefficient (Wildman–Crippen LogP) is 5.23. The molecule has 0 spiro atoms. The number of benzene rings is 2. The summed E-state index contributed by atoms with van der Waals surface area (Å²) >= 11 is 9.00. The van der Waals surface area contributed by atoms with Crippen LogP contribution in [0.25, 0.3) is 11.4 Å². The van der Waals surface area contributed by atoms with Gasteiger partial charge in [0.05, 0.1) is 13.2 Å². The quantitative estimate of drug-likeness (QED) is 0.225. The zero-order valence-electron chi connectivity index (χ0n) is 19.7. The van der Waals surface area contributed by atoms with E-state index in [1.165, 1.54) is 0 Å². The van der Waals surface area contributed by atoms with Crippen LogP contribution in [0.15, 0.2) is 65.4 Å². The monoisotopic (exact) mass is 568 g/mol. The Hall–Kier alpha value is -3.70. The molecule has 4 rings (SSSR count). The molecule has 36 heavy (non-hydrogen) atoms. The van der Waals surface area contributed by atoms with Gasteiger partial charge in [-0.2, -0.15) is 5.10 Å². The molecule has 2 heterocycles. The highest BCUT2D eigenvalue weighted by atomic mass is 79.9. The molecule has 0 radical (unpaired) electrons. The average Bonchev–Trinajstić information content (AvgIpc) is 3.25. The van der Waals surface area contributed by atoms with Crippen LogP contribution in [0, 0.1) is 11.7 Å². The van der Waals surface area contributed by atoms with E-state index in [1.54, 1.807) is 23.1 Å². The van der Waals surface area contributed by atoms with Crippen molar-refractivity contribution >= 4 is 39.7 Å². The Morgan fingerprint density at radius 3 is 2.56 bits per heavy atom. The molecule has 0 atom stereocenters. The van der Waals surface area contributed by atoms with Crippen molar-refractivity contribution in [3.63, 3.8) is 0 Å². The second-order valence-electron chi connectivity index (χ2n) is 7.78. The lowest BCUT2D eigenvalue weighted by Gasteiger charge is -2.16. The summed E-state index contributed by atoms with van der Waals surface area (Å²) in [5, 5.41) is 9.96. The predicted molar refractivity (Wildman–Crippen MR) is 144 cm³/mol. The van der Waals surface area contributed by atoms with Crippen molar-refractivity contribution in [3.05, 3.63) is 81.3 Å². The van der Waals surface area contributed by atoms with Crippen molar-refractivity contribution < 1.29 is 14.3 Å². The Kier molecular flexibility index (Phi) is 8.34. The Balaban J connectivity index is 1.46. The van der Waals surface area contributed by atoms with Crippen molar-refractivity contribution in [2.45, 2.75) is 20.4 Å². The largest absolute Gasteiger partial charge is 0.490 e. The molecule has 0 fully saturated rings. The van der Waals surface area contributed by atoms with Gasteiger partial charge in [0.15, 0.2) is 23.9 Å². The molecule has 11 heteroatoms. The minimum Gasteiger partial charge on any atom is -0.490 e. The van der Waals surface area contributed by atoms with Crippen LogP contribution in [0.5, 0.6) is 11.5 Å². The number of nitrogens with one attached hydrogen (secondary N) is 3. The van der Waals surface area contributed by atoms with Crippen molar-refractivity contribution in [2.75, 3.05) is 24.0 Å². The lowest BCUT2D eigenvalue weighted by atomic mass is 10.2. The molecular formula is C25H25BrN6O3S. The number of ether oxygens (including phenoxy) is 2. The number of amides is 1. The van der Waals surface area contributed by atoms with Crippen LogP contribution in [0.2, 0.25) is 0 Å². The van der Waals surface area contributed by atoms with E-state index in [2.05, 4.69) is 41.9 Å². The first kappa shape index (κ1) is 25.4. The second kappa shape index (κ2) is 11.8. The first-order valence-electron chi connectivity index (χ1n) is 11.2. The van der Waals surface area contributed by atoms with Gasteiger partial charge in [-0.15, -0.1) is 0 Å². The number of H-pyrrole nitrogens is 1. The van der Waals surface area contributed by atoms with Crippen LogP contribution in [0.4, 0.5) is 5.69 Å². The highest BCUT2D eigenvalue weighted by Crippen LogP contribution is 2.34. The van der Waals surface area contributed by atoms with E-state index in [4.69, 9.17) is 21.7 Å². The van der Waals surface area contributed by atoms with E-state index in [1.807, 2.05) is 56.3 Å². The molecule has 0 aliphatic heterocycles. The van der Waals surface area contributed by atoms with Gasteiger partial charge in [-0.1, -0.05) is 33.6 Å². The number of aromatic nitrogens is 4. The number of rotatable bonds is 10. The van der Waals surface area contributed by atoms with Crippen LogP contribution in [-0.2, 0) is 11.3 Å². The third-order valence-electron chi connectivity index (χ3n) is 5.15. The lowest BCUT2D eigenvalue weighted by Crippen LogP contribution is -2.20. The van der Waals surface area contributed by atoms with E-state index in [-0.39, 0.29) is 12.5 Å². The Labute approximate surface area is 222 Å². The zero-order chi connectivity index (χ0) is 25.5. The van der Waals surface area contributed by atoms with Gasteiger partial charge in [0.1, 0.15) is 0 Å². The van der Waals surface area contributed by atoms with Crippen LogP contribution in [-0.4, -0.2) is 39.0 Å². The fourth-order valence-corrected chi connectivity index (χ4v) is 4.03. The van der Waals surface area contributed by atoms with Crippen molar-refractivity contribution in [3.8, 4) is 22.9 Å². The highest BCUT2D eigenvalue weighted by Gasteiger charge is 2.14. The molecule has 3 N–H and O–H groups in total. The zero-order valence-corrected chi connectivity index (χ0v) is 22.1. The van der Waals surface area contributed by atoms with Gasteiger partial charge >= 0.3 is 0 Å². The maximum atomic E-state index is 12.4. The first-order valence-corrected chi connectivity index (χ1v) is 12.4. The summed E-state index contributed by atoms with van der Waals surface area (Å²) < 4.78 is 14.5. The van der Waals surface area contributed by atoms with E-state index in [9.17, 15) is 4.79 Å². The number of halogens is 1. The number of pyridine rings is 1. The third kappa shape index (κ3) is 6.29. The molecule has 9 nitrogen and oxygen atoms in total. The number of aryl methyl sites for hydroxylation is 1. The summed E-state index contributed by atoms with van der Waals surface area (Å²) in [7, 11) is 0. The second-order valence-corrected chi connectivity index (χ2v) is 9.03. The van der Waals surface area contributed by atoms with Gasteiger partial charge in [0, 0.05) is 28.1 Å². The van der Waals surface area contributed by atoms with E-state index in [0.29, 0.717) is 40.9 Å². The molecule has 1 amide bonds. The van der Waals surface area contributed by atoms with Crippen molar-refractivity contribution in [1.29, 1.82) is 0 Å². The Bertz CT molecular complexity index is 1390. The fraction of sp³-hybridized carbons (Fsp3) is 0.200. The maximum absolute atomic E-state index is 12.4. The number of carbonyl (C=O) groups excluding carboxylic acids is 1. The van der Waals surface area contributed by atoms with Crippen LogP contribution >= 0.6 is 28.1 Å². The molecule has 0 saturated carbocycles. The molecule has 4 aromatic rings. The van der Waals surface area contributed by atoms with Gasteiger partial charge in [-0.05, 0) is 68.0 Å². The summed E-state index contributed by atoms with van der Waals surface area (Å²) in [5.41, 5.74) is 6.90. The first-order chi connectivity index (χ1) is 17.4. The van der Waals surface area contributed by atoms with Crippen LogP contribution < -0.4 is 20.2 Å². The standard InChI is InChI=1S/C25H25BrN6O3S/c1-3-34-21-12-18(14-28-32-24(30-31-25(32)36)17-8-10-27-11-9-17)20(26)13-22(21)35-15-23(33)29-19-6-4-16(2)5-7-19/h4-13,28H,3,14-15H2,1-2H3,(H,29,33)(H,31,36). The van der Waals surface area contributed by atoms with E-state index >= 15 is 0 Å². The molecule has 2 aromatic carbocycles. The van der Waals surface area contributed by atoms with Crippen LogP contribution in [0.1, 0.15) is 18.1 Å². The fourth-order valence-electron chi connectivity index (χ4n) is 3.37. The molecule has 0 bridgehead atoms. The molecule has 0 aliphatic carbocycles. The molecular weight excluding hydrogens is 544 g/mol. The highest BCUT2D eigenvalue weighted by molar-refractivity contribution is 9.10. The maximum Gasteiger partial charge on any atom is 0.262 e. The normalized spacial score (nSPS) is 10.6. The van der Waals surface area contributed by atoms with Crippen LogP contribution in [0.3, 0.4) is 0 Å². The average molecular weight is 569 g/mol. The number of anilines is 1. The number of nitrogens with zero attached hydrogens (tertiary/aromatic N) is 3. The Morgan fingerprint density at radius 1 is 1.11 bits per heavy atom. The third-order valence-corrected chi connectivity index (χ3v) is 6.16. The summed E-state index contributed by atoms with van der Waals surface area (Å²) in [6.45, 7) is 4.59. The molecule has 0 unspecified atom stereocenters. The van der Waals surface area contributed by atoms with Crippen molar-refractivity contribution in [2.24, 2.45) is 0 Å². The molecule has 2 aromatic heterocycles. The Morgan fingerprint density at radius 2 is 1.83 bits per heavy atom. The van der Waals surface area contributed by atoms with Gasteiger partial charge < -0.3 is 20.2 Å². The molecule has 186 valence electrons. The summed E-state index contributed by atoms with van der Waals surface area (Å²) in [4.78, 5) is 16.4. The number of hydrogen-bond donors (Lipinski definition) is 3. The summed E-state index contributed by atoms with van der Waals surface area (Å²) in [6.07, 6.45) is 3.39. The van der Waals surface area contributed by atoms with E-state index in [0.717, 1.165) is 21.2 Å². The minimum absolute atomic E-state index is 0.155.